The molecule has 1 aliphatic heterocycles. The summed E-state index contributed by atoms with van der Waals surface area (Å²) in [5.41, 5.74) is 1.12. The van der Waals surface area contributed by atoms with Crippen molar-refractivity contribution in [2.75, 3.05) is 13.1 Å². The van der Waals surface area contributed by atoms with Gasteiger partial charge in [-0.1, -0.05) is 78.9 Å². The van der Waals surface area contributed by atoms with E-state index >= 15 is 4.39 Å². The molecule has 0 amide bonds. The van der Waals surface area contributed by atoms with E-state index in [2.05, 4.69) is 0 Å². The molecule has 1 saturated heterocycles. The van der Waals surface area contributed by atoms with Gasteiger partial charge in [0.25, 0.3) is 0 Å². The van der Waals surface area contributed by atoms with E-state index in [1.807, 2.05) is 60.7 Å². The third kappa shape index (κ3) is 3.36. The van der Waals surface area contributed by atoms with Gasteiger partial charge in [0.05, 0.1) is 4.90 Å². The van der Waals surface area contributed by atoms with Crippen molar-refractivity contribution in [1.29, 1.82) is 0 Å². The fourth-order valence-electron chi connectivity index (χ4n) is 4.12. The Morgan fingerprint density at radius 1 is 0.786 bits per heavy atom. The highest BCUT2D eigenvalue weighted by Crippen LogP contribution is 2.42. The van der Waals surface area contributed by atoms with E-state index in [0.717, 1.165) is 11.1 Å². The number of piperidine rings is 1. The summed E-state index contributed by atoms with van der Waals surface area (Å²) < 4.78 is 42.8. The van der Waals surface area contributed by atoms with Crippen molar-refractivity contribution in [3.63, 3.8) is 0 Å². The topological polar surface area (TPSA) is 37.4 Å². The molecule has 28 heavy (non-hydrogen) atoms. The summed E-state index contributed by atoms with van der Waals surface area (Å²) in [6.07, 6.45) is -1.00. The van der Waals surface area contributed by atoms with Crippen molar-refractivity contribution in [2.45, 2.75) is 22.9 Å². The Kier molecular flexibility index (Phi) is 5.04. The minimum atomic E-state index is -3.79. The number of rotatable bonds is 4. The lowest BCUT2D eigenvalue weighted by molar-refractivity contribution is 0.148. The average Bonchev–Trinajstić information content (AvgIpc) is 2.75. The molecule has 1 fully saturated rings. The van der Waals surface area contributed by atoms with Gasteiger partial charge in [0.2, 0.25) is 10.0 Å². The van der Waals surface area contributed by atoms with Crippen LogP contribution in [0, 0.1) is 0 Å². The van der Waals surface area contributed by atoms with E-state index < -0.39 is 21.6 Å². The Hall–Kier alpha value is -2.50. The zero-order valence-corrected chi connectivity index (χ0v) is 16.2. The molecule has 0 radical (unpaired) electrons. The van der Waals surface area contributed by atoms with Crippen LogP contribution in [0.4, 0.5) is 4.39 Å². The van der Waals surface area contributed by atoms with Crippen molar-refractivity contribution in [3.8, 4) is 0 Å². The molecule has 4 rings (SSSR count). The van der Waals surface area contributed by atoms with Crippen LogP contribution in [-0.2, 0) is 15.4 Å². The van der Waals surface area contributed by atoms with E-state index in [0.29, 0.717) is 0 Å². The third-order valence-electron chi connectivity index (χ3n) is 5.45. The first-order chi connectivity index (χ1) is 13.5. The molecule has 1 atom stereocenters. The number of nitrogens with zero attached hydrogens (tertiary/aromatic N) is 1. The molecule has 0 N–H and O–H groups in total. The average molecular weight is 395 g/mol. The Bertz CT molecular complexity index is 984. The first-order valence-corrected chi connectivity index (χ1v) is 10.8. The normalized spacial score (nSPS) is 20.0. The van der Waals surface area contributed by atoms with Crippen LogP contribution >= 0.6 is 0 Å². The highest BCUT2D eigenvalue weighted by atomic mass is 32.2. The fourth-order valence-corrected chi connectivity index (χ4v) is 5.67. The maximum absolute atomic E-state index is 15.0. The predicted octanol–water partition coefficient (Wildman–Crippen LogP) is 4.41. The Balaban J connectivity index is 1.84. The summed E-state index contributed by atoms with van der Waals surface area (Å²) in [5.74, 6) is 0. The van der Waals surface area contributed by atoms with E-state index in [4.69, 9.17) is 0 Å². The van der Waals surface area contributed by atoms with Crippen molar-refractivity contribution in [1.82, 2.24) is 4.31 Å². The van der Waals surface area contributed by atoms with Gasteiger partial charge in [-0.3, -0.25) is 0 Å². The molecule has 0 bridgehead atoms. The van der Waals surface area contributed by atoms with Crippen molar-refractivity contribution < 1.29 is 12.8 Å². The van der Waals surface area contributed by atoms with Gasteiger partial charge in [-0.05, 0) is 29.7 Å². The van der Waals surface area contributed by atoms with E-state index in [-0.39, 0.29) is 24.4 Å². The smallest absolute Gasteiger partial charge is 0.243 e. The second-order valence-electron chi connectivity index (χ2n) is 7.23. The maximum Gasteiger partial charge on any atom is 0.243 e. The summed E-state index contributed by atoms with van der Waals surface area (Å²) in [6.45, 7) is 0.0807. The summed E-state index contributed by atoms with van der Waals surface area (Å²) in [7, 11) is -3.79. The third-order valence-corrected chi connectivity index (χ3v) is 7.28. The van der Waals surface area contributed by atoms with Crippen LogP contribution in [0.3, 0.4) is 0 Å². The molecule has 1 aliphatic rings. The Morgan fingerprint density at radius 3 is 1.75 bits per heavy atom. The van der Waals surface area contributed by atoms with E-state index in [9.17, 15) is 8.42 Å². The van der Waals surface area contributed by atoms with Crippen LogP contribution < -0.4 is 0 Å². The first-order valence-electron chi connectivity index (χ1n) is 9.33. The predicted molar refractivity (Wildman–Crippen MR) is 108 cm³/mol. The molecule has 144 valence electrons. The molecule has 0 aliphatic carbocycles. The summed E-state index contributed by atoms with van der Waals surface area (Å²) in [4.78, 5) is 0.194. The fraction of sp³-hybridized carbons (Fsp3) is 0.217. The molecule has 0 spiro atoms. The number of benzene rings is 3. The number of sulfonamides is 1. The van der Waals surface area contributed by atoms with Crippen molar-refractivity contribution in [2.24, 2.45) is 0 Å². The lowest BCUT2D eigenvalue weighted by Gasteiger charge is -2.44. The second-order valence-corrected chi connectivity index (χ2v) is 9.16. The molecule has 3 nitrogen and oxygen atoms in total. The number of alkyl halides is 1. The van der Waals surface area contributed by atoms with Gasteiger partial charge >= 0.3 is 0 Å². The first kappa shape index (κ1) is 18.8. The quantitative estimate of drug-likeness (QED) is 0.656. The summed E-state index contributed by atoms with van der Waals surface area (Å²) >= 11 is 0. The minimum Gasteiger partial charge on any atom is -0.246 e. The number of halogens is 1. The standard InChI is InChI=1S/C23H22FNO2S/c24-21-16-23(19-10-4-1-5-11-19,20-12-6-2-7-13-20)18-25(17-21)28(26,27)22-14-8-3-9-15-22/h1-15,21H,16-18H2/t21-/m1/s1. The highest BCUT2D eigenvalue weighted by Gasteiger charge is 2.46. The molecule has 3 aromatic carbocycles. The van der Waals surface area contributed by atoms with Crippen LogP contribution in [0.5, 0.6) is 0 Å². The van der Waals surface area contributed by atoms with Gasteiger partial charge in [0, 0.05) is 18.5 Å². The van der Waals surface area contributed by atoms with Crippen LogP contribution in [0.1, 0.15) is 17.5 Å². The Labute approximate surface area is 165 Å². The van der Waals surface area contributed by atoms with Gasteiger partial charge in [-0.2, -0.15) is 4.31 Å². The Morgan fingerprint density at radius 2 is 1.25 bits per heavy atom. The van der Waals surface area contributed by atoms with Crippen molar-refractivity contribution in [3.05, 3.63) is 102 Å². The second kappa shape index (κ2) is 7.49. The zero-order chi connectivity index (χ0) is 19.6. The van der Waals surface area contributed by atoms with E-state index in [1.165, 1.54) is 4.31 Å². The van der Waals surface area contributed by atoms with Gasteiger partial charge in [0.15, 0.2) is 0 Å². The van der Waals surface area contributed by atoms with Crippen molar-refractivity contribution >= 4 is 10.0 Å². The highest BCUT2D eigenvalue weighted by molar-refractivity contribution is 7.89. The van der Waals surface area contributed by atoms with Gasteiger partial charge in [-0.15, -0.1) is 0 Å². The molecular formula is C23H22FNO2S. The lowest BCUT2D eigenvalue weighted by atomic mass is 9.69. The number of hydrogen-bond acceptors (Lipinski definition) is 2. The molecule has 1 heterocycles. The number of hydrogen-bond donors (Lipinski definition) is 0. The molecule has 0 unspecified atom stereocenters. The zero-order valence-electron chi connectivity index (χ0n) is 15.4. The maximum atomic E-state index is 15.0. The van der Waals surface area contributed by atoms with Gasteiger partial charge < -0.3 is 0 Å². The molecular weight excluding hydrogens is 373 g/mol. The van der Waals surface area contributed by atoms with Gasteiger partial charge in [0.1, 0.15) is 6.17 Å². The monoisotopic (exact) mass is 395 g/mol. The van der Waals surface area contributed by atoms with Crippen LogP contribution in [0.25, 0.3) is 0 Å². The lowest BCUT2D eigenvalue weighted by Crippen LogP contribution is -2.53. The summed E-state index contributed by atoms with van der Waals surface area (Å²) in [5, 5.41) is 0. The molecule has 5 heteroatoms. The van der Waals surface area contributed by atoms with Gasteiger partial charge in [-0.25, -0.2) is 12.8 Å². The largest absolute Gasteiger partial charge is 0.246 e. The van der Waals surface area contributed by atoms with Crippen LogP contribution in [0.2, 0.25) is 0 Å². The van der Waals surface area contributed by atoms with Crippen LogP contribution in [-0.4, -0.2) is 32.0 Å². The molecule has 3 aromatic rings. The molecule has 0 saturated carbocycles. The SMILES string of the molecule is O=S(=O)(c1ccccc1)N1C[C@H](F)CC(c2ccccc2)(c2ccccc2)C1. The molecule has 0 aromatic heterocycles. The summed E-state index contributed by atoms with van der Waals surface area (Å²) in [6, 6.07) is 27.6. The van der Waals surface area contributed by atoms with E-state index in [1.54, 1.807) is 30.3 Å². The van der Waals surface area contributed by atoms with Crippen LogP contribution in [0.15, 0.2) is 95.9 Å². The minimum absolute atomic E-state index is 0.126.